The smallest absolute Gasteiger partial charge is 0.330 e. The van der Waals surface area contributed by atoms with Gasteiger partial charge in [0.25, 0.3) is 5.91 Å². The van der Waals surface area contributed by atoms with E-state index in [9.17, 15) is 14.4 Å². The van der Waals surface area contributed by atoms with E-state index >= 15 is 0 Å². The molecule has 8 nitrogen and oxygen atoms in total. The lowest BCUT2D eigenvalue weighted by Crippen LogP contribution is -2.49. The molecule has 3 aromatic rings. The third-order valence-corrected chi connectivity index (χ3v) is 4.92. The van der Waals surface area contributed by atoms with E-state index in [1.165, 1.54) is 11.5 Å². The summed E-state index contributed by atoms with van der Waals surface area (Å²) in [7, 11) is 1.68. The minimum Gasteiger partial charge on any atom is -0.330 e. The quantitative estimate of drug-likeness (QED) is 0.739. The van der Waals surface area contributed by atoms with Gasteiger partial charge in [0.1, 0.15) is 0 Å². The Balaban J connectivity index is 1.98. The molecule has 1 aliphatic heterocycles. The van der Waals surface area contributed by atoms with Gasteiger partial charge in [-0.1, -0.05) is 60.7 Å². The lowest BCUT2D eigenvalue weighted by atomic mass is 9.90. The molecule has 29 heavy (non-hydrogen) atoms. The maximum absolute atomic E-state index is 13.1. The van der Waals surface area contributed by atoms with Crippen molar-refractivity contribution in [1.29, 1.82) is 0 Å². The highest BCUT2D eigenvalue weighted by atomic mass is 16.2. The van der Waals surface area contributed by atoms with Crippen molar-refractivity contribution in [2.45, 2.75) is 19.0 Å². The van der Waals surface area contributed by atoms with E-state index in [1.807, 2.05) is 60.7 Å². The summed E-state index contributed by atoms with van der Waals surface area (Å²) in [5.74, 6) is -1.08. The molecule has 0 saturated heterocycles. The van der Waals surface area contributed by atoms with Crippen LogP contribution in [0.5, 0.6) is 0 Å². The fourth-order valence-electron chi connectivity index (χ4n) is 3.70. The Labute approximate surface area is 166 Å². The summed E-state index contributed by atoms with van der Waals surface area (Å²) in [4.78, 5) is 47.1. The van der Waals surface area contributed by atoms with E-state index in [4.69, 9.17) is 0 Å². The zero-order chi connectivity index (χ0) is 20.5. The number of carbonyl (C=O) groups excluding carboxylic acids is 2. The molecular weight excluding hydrogens is 370 g/mol. The topological polar surface area (TPSA) is 97.2 Å². The van der Waals surface area contributed by atoms with Crippen molar-refractivity contribution >= 4 is 17.8 Å². The fraction of sp³-hybridized carbons (Fsp3) is 0.190. The first kappa shape index (κ1) is 18.5. The number of hydrogen-bond acceptors (Lipinski definition) is 5. The van der Waals surface area contributed by atoms with E-state index in [2.05, 4.69) is 15.3 Å². The summed E-state index contributed by atoms with van der Waals surface area (Å²) < 4.78 is 1.32. The molecule has 2 aromatic carbocycles. The van der Waals surface area contributed by atoms with Crippen molar-refractivity contribution in [2.75, 3.05) is 12.4 Å². The first-order valence-corrected chi connectivity index (χ1v) is 9.12. The largest absolute Gasteiger partial charge is 0.353 e. The zero-order valence-electron chi connectivity index (χ0n) is 15.9. The summed E-state index contributed by atoms with van der Waals surface area (Å²) in [6, 6.07) is 18.0. The minimum atomic E-state index is -0.644. The molecule has 0 bridgehead atoms. The highest BCUT2D eigenvalue weighted by Crippen LogP contribution is 2.39. The van der Waals surface area contributed by atoms with Gasteiger partial charge in [-0.3, -0.25) is 19.5 Å². The number of benzene rings is 2. The summed E-state index contributed by atoms with van der Waals surface area (Å²) >= 11 is 0. The number of nitrogens with one attached hydrogen (secondary N) is 1. The molecule has 0 fully saturated rings. The number of amides is 2. The lowest BCUT2D eigenvalue weighted by Gasteiger charge is -2.40. The number of aromatic nitrogens is 3. The van der Waals surface area contributed by atoms with Crippen LogP contribution in [0.25, 0.3) is 0 Å². The predicted molar refractivity (Wildman–Crippen MR) is 106 cm³/mol. The Morgan fingerprint density at radius 1 is 0.897 bits per heavy atom. The van der Waals surface area contributed by atoms with Gasteiger partial charge >= 0.3 is 5.69 Å². The molecule has 1 aliphatic rings. The SMILES string of the molecule is CC(=O)Nc1nc2n(c(=O)n1)C(c1ccccc1)C(c1ccccc1)N(C)C2=O. The Hall–Kier alpha value is -3.81. The minimum absolute atomic E-state index is 0.0581. The summed E-state index contributed by atoms with van der Waals surface area (Å²) in [6.07, 6.45) is 0. The molecule has 0 radical (unpaired) electrons. The maximum Gasteiger partial charge on any atom is 0.353 e. The highest BCUT2D eigenvalue weighted by Gasteiger charge is 2.41. The van der Waals surface area contributed by atoms with Crippen LogP contribution in [-0.4, -0.2) is 38.3 Å². The fourth-order valence-corrected chi connectivity index (χ4v) is 3.70. The van der Waals surface area contributed by atoms with E-state index in [1.54, 1.807) is 11.9 Å². The molecule has 4 rings (SSSR count). The van der Waals surface area contributed by atoms with Crippen LogP contribution in [0.1, 0.15) is 40.8 Å². The third-order valence-electron chi connectivity index (χ3n) is 4.92. The van der Waals surface area contributed by atoms with Gasteiger partial charge < -0.3 is 4.90 Å². The van der Waals surface area contributed by atoms with Crippen LogP contribution in [0.2, 0.25) is 0 Å². The number of nitrogens with zero attached hydrogens (tertiary/aromatic N) is 4. The Morgan fingerprint density at radius 2 is 1.45 bits per heavy atom. The van der Waals surface area contributed by atoms with Gasteiger partial charge in [-0.2, -0.15) is 9.97 Å². The van der Waals surface area contributed by atoms with Crippen LogP contribution >= 0.6 is 0 Å². The molecule has 146 valence electrons. The van der Waals surface area contributed by atoms with Crippen LogP contribution in [0.4, 0.5) is 5.95 Å². The molecule has 2 atom stereocenters. The molecule has 1 N–H and O–H groups in total. The van der Waals surface area contributed by atoms with Crippen molar-refractivity contribution in [1.82, 2.24) is 19.4 Å². The van der Waals surface area contributed by atoms with Gasteiger partial charge in [-0.25, -0.2) is 4.79 Å². The van der Waals surface area contributed by atoms with Crippen LogP contribution in [0.3, 0.4) is 0 Å². The van der Waals surface area contributed by atoms with E-state index in [-0.39, 0.29) is 11.8 Å². The Bertz CT molecular complexity index is 1130. The molecule has 0 spiro atoms. The average molecular weight is 389 g/mol. The van der Waals surface area contributed by atoms with Gasteiger partial charge in [0, 0.05) is 14.0 Å². The first-order chi connectivity index (χ1) is 14.0. The summed E-state index contributed by atoms with van der Waals surface area (Å²) in [6.45, 7) is 1.28. The molecule has 8 heteroatoms. The van der Waals surface area contributed by atoms with Gasteiger partial charge in [0.15, 0.2) is 0 Å². The molecular formula is C21H19N5O3. The monoisotopic (exact) mass is 389 g/mol. The summed E-state index contributed by atoms with van der Waals surface area (Å²) in [5, 5.41) is 2.38. The zero-order valence-corrected chi connectivity index (χ0v) is 15.9. The van der Waals surface area contributed by atoms with Crippen LogP contribution < -0.4 is 11.0 Å². The van der Waals surface area contributed by atoms with Crippen LogP contribution in [0, 0.1) is 0 Å². The molecule has 2 amide bonds. The second-order valence-corrected chi connectivity index (χ2v) is 6.83. The Morgan fingerprint density at radius 3 is 2.00 bits per heavy atom. The second kappa shape index (κ2) is 7.31. The Kier molecular flexibility index (Phi) is 4.67. The molecule has 0 saturated carbocycles. The molecule has 2 heterocycles. The number of fused-ring (bicyclic) bond motifs is 1. The second-order valence-electron chi connectivity index (χ2n) is 6.83. The van der Waals surface area contributed by atoms with Gasteiger partial charge in [0.2, 0.25) is 17.7 Å². The summed E-state index contributed by atoms with van der Waals surface area (Å²) in [5.41, 5.74) is 1.09. The molecule has 0 aliphatic carbocycles. The van der Waals surface area contributed by atoms with E-state index < -0.39 is 29.6 Å². The molecule has 1 aromatic heterocycles. The van der Waals surface area contributed by atoms with Crippen LogP contribution in [-0.2, 0) is 4.79 Å². The number of carbonyl (C=O) groups is 2. The van der Waals surface area contributed by atoms with Gasteiger partial charge in [0.05, 0.1) is 12.1 Å². The lowest BCUT2D eigenvalue weighted by molar-refractivity contribution is -0.114. The van der Waals surface area contributed by atoms with Gasteiger partial charge in [-0.05, 0) is 11.1 Å². The average Bonchev–Trinajstić information content (AvgIpc) is 2.71. The van der Waals surface area contributed by atoms with Crippen molar-refractivity contribution in [3.8, 4) is 0 Å². The number of likely N-dealkylation sites (N-methyl/N-ethyl adjacent to an activating group) is 1. The number of hydrogen-bond donors (Lipinski definition) is 1. The van der Waals surface area contributed by atoms with Crippen molar-refractivity contribution in [3.05, 3.63) is 88.1 Å². The van der Waals surface area contributed by atoms with Crippen LogP contribution in [0.15, 0.2) is 65.5 Å². The predicted octanol–water partition coefficient (Wildman–Crippen LogP) is 2.01. The normalized spacial score (nSPS) is 18.3. The highest BCUT2D eigenvalue weighted by molar-refractivity contribution is 5.93. The first-order valence-electron chi connectivity index (χ1n) is 9.12. The number of rotatable bonds is 3. The van der Waals surface area contributed by atoms with Crippen molar-refractivity contribution in [3.63, 3.8) is 0 Å². The van der Waals surface area contributed by atoms with Crippen molar-refractivity contribution in [2.24, 2.45) is 0 Å². The molecule has 2 unspecified atom stereocenters. The van der Waals surface area contributed by atoms with Gasteiger partial charge in [-0.15, -0.1) is 0 Å². The van der Waals surface area contributed by atoms with Crippen molar-refractivity contribution < 1.29 is 9.59 Å². The van der Waals surface area contributed by atoms with E-state index in [0.717, 1.165) is 11.1 Å². The maximum atomic E-state index is 13.1. The third kappa shape index (κ3) is 3.29. The number of anilines is 1. The standard InChI is InChI=1S/C21H19N5O3/c1-13(27)22-20-23-18-19(28)25(2)16(14-9-5-3-6-10-14)17(26(18)21(29)24-20)15-11-7-4-8-12-15/h3-12,16-17H,1-2H3,(H,22,24,27,29). The van der Waals surface area contributed by atoms with E-state index in [0.29, 0.717) is 0 Å².